The molecule has 0 heterocycles. The molecule has 1 N–H and O–H groups in total. The number of rotatable bonds is 6. The molecule has 0 aliphatic rings. The third-order valence-electron chi connectivity index (χ3n) is 1.93. The maximum absolute atomic E-state index is 10.8. The van der Waals surface area contributed by atoms with Crippen LogP contribution < -0.4 is 0 Å². The van der Waals surface area contributed by atoms with Gasteiger partial charge in [0.05, 0.1) is 5.56 Å². The summed E-state index contributed by atoms with van der Waals surface area (Å²) in [6.45, 7) is 0.751. The summed E-state index contributed by atoms with van der Waals surface area (Å²) in [4.78, 5) is 11.8. The summed E-state index contributed by atoms with van der Waals surface area (Å²) < 4.78 is 5.58. The Morgan fingerprint density at radius 3 is 2.88 bits per heavy atom. The number of hydrogen-bond donors (Lipinski definition) is 1. The van der Waals surface area contributed by atoms with E-state index in [9.17, 15) is 4.79 Å². The van der Waals surface area contributed by atoms with Crippen molar-refractivity contribution < 1.29 is 14.6 Å². The van der Waals surface area contributed by atoms with Gasteiger partial charge in [-0.15, -0.1) is 11.8 Å². The molecule has 0 aliphatic carbocycles. The van der Waals surface area contributed by atoms with Crippen molar-refractivity contribution in [3.63, 3.8) is 0 Å². The fraction of sp³-hybridized carbons (Fsp3) is 0.364. The van der Waals surface area contributed by atoms with E-state index >= 15 is 0 Å². The van der Waals surface area contributed by atoms with Crippen LogP contribution in [0, 0.1) is 0 Å². The monoisotopic (exact) mass is 304 g/mol. The number of thioether (sulfide) groups is 1. The van der Waals surface area contributed by atoms with Gasteiger partial charge in [-0.25, -0.2) is 4.79 Å². The molecule has 0 saturated heterocycles. The van der Waals surface area contributed by atoms with Gasteiger partial charge in [0.1, 0.15) is 0 Å². The van der Waals surface area contributed by atoms with Gasteiger partial charge in [-0.05, 0) is 40.5 Å². The Morgan fingerprint density at radius 2 is 2.31 bits per heavy atom. The number of ether oxygens (including phenoxy) is 1. The predicted octanol–water partition coefficient (Wildman–Crippen LogP) is 3.28. The topological polar surface area (TPSA) is 46.5 Å². The molecule has 0 aromatic heterocycles. The normalized spacial score (nSPS) is 10.4. The average Bonchev–Trinajstić information content (AvgIpc) is 2.24. The van der Waals surface area contributed by atoms with Gasteiger partial charge < -0.3 is 9.84 Å². The average molecular weight is 305 g/mol. The SMILES string of the molecule is COCCCSc1ccc(C(=O)O)c(Br)c1. The van der Waals surface area contributed by atoms with Gasteiger partial charge in [0.25, 0.3) is 0 Å². The number of aromatic carboxylic acids is 1. The van der Waals surface area contributed by atoms with Crippen molar-refractivity contribution in [2.75, 3.05) is 19.5 Å². The molecule has 1 rings (SSSR count). The maximum Gasteiger partial charge on any atom is 0.336 e. The Balaban J connectivity index is 2.56. The molecular weight excluding hydrogens is 292 g/mol. The maximum atomic E-state index is 10.8. The zero-order valence-corrected chi connectivity index (χ0v) is 11.3. The van der Waals surface area contributed by atoms with Gasteiger partial charge in [-0.3, -0.25) is 0 Å². The van der Waals surface area contributed by atoms with E-state index in [1.807, 2.05) is 12.1 Å². The minimum absolute atomic E-state index is 0.293. The molecule has 0 fully saturated rings. The zero-order chi connectivity index (χ0) is 12.0. The molecule has 1 aromatic carbocycles. The smallest absolute Gasteiger partial charge is 0.336 e. The van der Waals surface area contributed by atoms with Crippen LogP contribution in [0.2, 0.25) is 0 Å². The van der Waals surface area contributed by atoms with Crippen molar-refractivity contribution in [3.05, 3.63) is 28.2 Å². The number of carbonyl (C=O) groups is 1. The lowest BCUT2D eigenvalue weighted by Gasteiger charge is -2.04. The second-order valence-electron chi connectivity index (χ2n) is 3.14. The van der Waals surface area contributed by atoms with Crippen molar-refractivity contribution in [3.8, 4) is 0 Å². The van der Waals surface area contributed by atoms with E-state index in [4.69, 9.17) is 9.84 Å². The molecule has 0 saturated carbocycles. The van der Waals surface area contributed by atoms with Crippen LogP contribution in [0.15, 0.2) is 27.6 Å². The van der Waals surface area contributed by atoms with Crippen LogP contribution in [0.25, 0.3) is 0 Å². The lowest BCUT2D eigenvalue weighted by atomic mass is 10.2. The Labute approximate surface area is 107 Å². The number of carboxylic acids is 1. The van der Waals surface area contributed by atoms with E-state index in [2.05, 4.69) is 15.9 Å². The van der Waals surface area contributed by atoms with Crippen molar-refractivity contribution in [2.24, 2.45) is 0 Å². The van der Waals surface area contributed by atoms with E-state index in [1.165, 1.54) is 0 Å². The summed E-state index contributed by atoms with van der Waals surface area (Å²) >= 11 is 4.94. The van der Waals surface area contributed by atoms with Crippen LogP contribution in [-0.4, -0.2) is 30.5 Å². The first-order chi connectivity index (χ1) is 7.65. The number of hydrogen-bond acceptors (Lipinski definition) is 3. The predicted molar refractivity (Wildman–Crippen MR) is 68.3 cm³/mol. The summed E-state index contributed by atoms with van der Waals surface area (Å²) in [6, 6.07) is 5.28. The highest BCUT2D eigenvalue weighted by atomic mass is 79.9. The summed E-state index contributed by atoms with van der Waals surface area (Å²) in [6.07, 6.45) is 0.986. The lowest BCUT2D eigenvalue weighted by molar-refractivity contribution is 0.0696. The third kappa shape index (κ3) is 4.15. The van der Waals surface area contributed by atoms with Gasteiger partial charge in [0.2, 0.25) is 0 Å². The van der Waals surface area contributed by atoms with Gasteiger partial charge in [-0.1, -0.05) is 0 Å². The largest absolute Gasteiger partial charge is 0.478 e. The van der Waals surface area contributed by atoms with Gasteiger partial charge in [0.15, 0.2) is 0 Å². The van der Waals surface area contributed by atoms with Crippen molar-refractivity contribution in [1.29, 1.82) is 0 Å². The van der Waals surface area contributed by atoms with Crippen LogP contribution in [0.5, 0.6) is 0 Å². The number of halogens is 1. The van der Waals surface area contributed by atoms with Gasteiger partial charge in [0, 0.05) is 28.8 Å². The van der Waals surface area contributed by atoms with Gasteiger partial charge in [-0.2, -0.15) is 0 Å². The van der Waals surface area contributed by atoms with E-state index in [0.717, 1.165) is 23.7 Å². The Hall–Kier alpha value is -0.520. The summed E-state index contributed by atoms with van der Waals surface area (Å²) in [5.74, 6) is 0.0509. The minimum Gasteiger partial charge on any atom is -0.478 e. The number of benzene rings is 1. The van der Waals surface area contributed by atoms with Crippen molar-refractivity contribution >= 4 is 33.7 Å². The molecule has 3 nitrogen and oxygen atoms in total. The van der Waals surface area contributed by atoms with Crippen LogP contribution in [-0.2, 0) is 4.74 Å². The molecule has 5 heteroatoms. The highest BCUT2D eigenvalue weighted by Crippen LogP contribution is 2.25. The van der Waals surface area contributed by atoms with E-state index in [1.54, 1.807) is 24.9 Å². The first-order valence-electron chi connectivity index (χ1n) is 4.79. The van der Waals surface area contributed by atoms with E-state index in [-0.39, 0.29) is 0 Å². The van der Waals surface area contributed by atoms with Gasteiger partial charge >= 0.3 is 5.97 Å². The molecule has 88 valence electrons. The molecule has 0 atom stereocenters. The Morgan fingerprint density at radius 1 is 1.56 bits per heavy atom. The van der Waals surface area contributed by atoms with Crippen LogP contribution in [0.1, 0.15) is 16.8 Å². The summed E-state index contributed by atoms with van der Waals surface area (Å²) in [7, 11) is 1.68. The van der Waals surface area contributed by atoms with Crippen LogP contribution in [0.3, 0.4) is 0 Å². The minimum atomic E-state index is -0.914. The van der Waals surface area contributed by atoms with E-state index in [0.29, 0.717) is 10.0 Å². The van der Waals surface area contributed by atoms with Crippen LogP contribution in [0.4, 0.5) is 0 Å². The fourth-order valence-corrected chi connectivity index (χ4v) is 2.72. The molecular formula is C11H13BrO3S. The lowest BCUT2D eigenvalue weighted by Crippen LogP contribution is -1.97. The van der Waals surface area contributed by atoms with Crippen molar-refractivity contribution in [2.45, 2.75) is 11.3 Å². The molecule has 16 heavy (non-hydrogen) atoms. The molecule has 0 aliphatic heterocycles. The molecule has 1 aromatic rings. The first kappa shape index (κ1) is 13.5. The Bertz CT molecular complexity index is 368. The standard InChI is InChI=1S/C11H13BrO3S/c1-15-5-2-6-16-8-3-4-9(11(13)14)10(12)7-8/h3-4,7H,2,5-6H2,1H3,(H,13,14). The zero-order valence-electron chi connectivity index (χ0n) is 8.90. The van der Waals surface area contributed by atoms with Crippen LogP contribution >= 0.6 is 27.7 Å². The molecule has 0 spiro atoms. The number of methoxy groups -OCH3 is 1. The quantitative estimate of drug-likeness (QED) is 0.647. The molecule has 0 amide bonds. The Kier molecular flexibility index (Phi) is 5.87. The number of carboxylic acid groups (broad SMARTS) is 1. The fourth-order valence-electron chi connectivity index (χ4n) is 1.15. The second kappa shape index (κ2) is 6.93. The molecule has 0 unspecified atom stereocenters. The summed E-state index contributed by atoms with van der Waals surface area (Å²) in [5.41, 5.74) is 0.293. The third-order valence-corrected chi connectivity index (χ3v) is 3.67. The first-order valence-corrected chi connectivity index (χ1v) is 6.57. The highest BCUT2D eigenvalue weighted by molar-refractivity contribution is 9.10. The molecule has 0 radical (unpaired) electrons. The molecule has 0 bridgehead atoms. The van der Waals surface area contributed by atoms with Crippen molar-refractivity contribution in [1.82, 2.24) is 0 Å². The highest BCUT2D eigenvalue weighted by Gasteiger charge is 2.08. The van der Waals surface area contributed by atoms with E-state index < -0.39 is 5.97 Å². The second-order valence-corrected chi connectivity index (χ2v) is 5.16. The summed E-state index contributed by atoms with van der Waals surface area (Å²) in [5, 5.41) is 8.85.